The van der Waals surface area contributed by atoms with Crippen molar-refractivity contribution in [3.8, 4) is 0 Å². The molecule has 4 nitrogen and oxygen atoms in total. The zero-order valence-corrected chi connectivity index (χ0v) is 8.61. The third-order valence-electron chi connectivity index (χ3n) is 2.57. The summed E-state index contributed by atoms with van der Waals surface area (Å²) >= 11 is 0. The van der Waals surface area contributed by atoms with Crippen LogP contribution in [0.1, 0.15) is 19.3 Å². The van der Waals surface area contributed by atoms with Gasteiger partial charge in [-0.25, -0.2) is 0 Å². The van der Waals surface area contributed by atoms with Crippen LogP contribution in [0.5, 0.6) is 0 Å². The van der Waals surface area contributed by atoms with Gasteiger partial charge >= 0.3 is 0 Å². The molecule has 14 heavy (non-hydrogen) atoms. The normalized spacial score (nSPS) is 34.1. The molecule has 0 aromatic carbocycles. The summed E-state index contributed by atoms with van der Waals surface area (Å²) < 4.78 is 21.6. The quantitative estimate of drug-likeness (QED) is 0.622. The lowest BCUT2D eigenvalue weighted by molar-refractivity contribution is -0.199. The summed E-state index contributed by atoms with van der Waals surface area (Å²) in [5.41, 5.74) is 0. The van der Waals surface area contributed by atoms with Gasteiger partial charge in [0.25, 0.3) is 0 Å². The molecule has 4 heteroatoms. The van der Waals surface area contributed by atoms with E-state index in [0.717, 1.165) is 26.1 Å². The minimum atomic E-state index is -0.0481. The zero-order chi connectivity index (χ0) is 9.80. The Labute approximate surface area is 84.5 Å². The van der Waals surface area contributed by atoms with E-state index >= 15 is 0 Å². The van der Waals surface area contributed by atoms with E-state index < -0.39 is 0 Å². The van der Waals surface area contributed by atoms with Crippen molar-refractivity contribution >= 4 is 0 Å². The van der Waals surface area contributed by atoms with Crippen molar-refractivity contribution in [2.24, 2.45) is 0 Å². The molecule has 2 aliphatic heterocycles. The van der Waals surface area contributed by atoms with Crippen molar-refractivity contribution in [2.75, 3.05) is 26.9 Å². The van der Waals surface area contributed by atoms with Gasteiger partial charge in [-0.15, -0.1) is 0 Å². The smallest absolute Gasteiger partial charge is 0.158 e. The first-order valence-electron chi connectivity index (χ1n) is 5.28. The Morgan fingerprint density at radius 2 is 2.21 bits per heavy atom. The lowest BCUT2D eigenvalue weighted by atomic mass is 10.2. The fourth-order valence-corrected chi connectivity index (χ4v) is 1.68. The van der Waals surface area contributed by atoms with Crippen LogP contribution in [0.25, 0.3) is 0 Å². The summed E-state index contributed by atoms with van der Waals surface area (Å²) in [4.78, 5) is 0. The lowest BCUT2D eigenvalue weighted by Gasteiger charge is -2.26. The number of hydrogen-bond donors (Lipinski definition) is 0. The molecule has 2 saturated heterocycles. The maximum absolute atomic E-state index is 5.78. The lowest BCUT2D eigenvalue weighted by Crippen LogP contribution is -2.33. The van der Waals surface area contributed by atoms with Crippen molar-refractivity contribution in [3.05, 3.63) is 0 Å². The molecule has 2 rings (SSSR count). The van der Waals surface area contributed by atoms with E-state index in [-0.39, 0.29) is 18.5 Å². The Balaban J connectivity index is 1.73. The standard InChI is InChI=1S/C10H18O4/c1-11-6-9(8-7-13-8)14-10-4-2-3-5-12-10/h8-10H,2-7H2,1H3. The van der Waals surface area contributed by atoms with Crippen LogP contribution >= 0.6 is 0 Å². The van der Waals surface area contributed by atoms with Crippen LogP contribution in [-0.4, -0.2) is 45.4 Å². The number of epoxide rings is 1. The first-order chi connectivity index (χ1) is 6.90. The number of ether oxygens (including phenoxy) is 4. The van der Waals surface area contributed by atoms with Crippen LogP contribution in [0, 0.1) is 0 Å². The van der Waals surface area contributed by atoms with Crippen molar-refractivity contribution in [3.63, 3.8) is 0 Å². The summed E-state index contributed by atoms with van der Waals surface area (Å²) in [6.07, 6.45) is 3.55. The first kappa shape index (κ1) is 10.4. The molecular weight excluding hydrogens is 184 g/mol. The highest BCUT2D eigenvalue weighted by Crippen LogP contribution is 2.22. The second-order valence-corrected chi connectivity index (χ2v) is 3.80. The molecular formula is C10H18O4. The summed E-state index contributed by atoms with van der Waals surface area (Å²) in [5.74, 6) is 0. The number of methoxy groups -OCH3 is 1. The molecule has 0 aromatic rings. The van der Waals surface area contributed by atoms with Gasteiger partial charge in [0.2, 0.25) is 0 Å². The van der Waals surface area contributed by atoms with E-state index in [2.05, 4.69) is 0 Å². The third kappa shape index (κ3) is 2.92. The van der Waals surface area contributed by atoms with E-state index in [1.807, 2.05) is 0 Å². The zero-order valence-electron chi connectivity index (χ0n) is 8.61. The molecule has 82 valence electrons. The van der Waals surface area contributed by atoms with Crippen molar-refractivity contribution < 1.29 is 18.9 Å². The van der Waals surface area contributed by atoms with Crippen LogP contribution in [0.15, 0.2) is 0 Å². The third-order valence-corrected chi connectivity index (χ3v) is 2.57. The Bertz CT molecular complexity index is 164. The van der Waals surface area contributed by atoms with Crippen molar-refractivity contribution in [1.82, 2.24) is 0 Å². The van der Waals surface area contributed by atoms with Gasteiger partial charge in [0.15, 0.2) is 6.29 Å². The second-order valence-electron chi connectivity index (χ2n) is 3.80. The Hall–Kier alpha value is -0.160. The van der Waals surface area contributed by atoms with Crippen LogP contribution in [0.3, 0.4) is 0 Å². The predicted molar refractivity (Wildman–Crippen MR) is 50.1 cm³/mol. The van der Waals surface area contributed by atoms with Gasteiger partial charge in [0.05, 0.1) is 13.2 Å². The minimum absolute atomic E-state index is 0.0445. The van der Waals surface area contributed by atoms with Gasteiger partial charge in [-0.3, -0.25) is 0 Å². The van der Waals surface area contributed by atoms with Crippen LogP contribution < -0.4 is 0 Å². The predicted octanol–water partition coefficient (Wildman–Crippen LogP) is 0.943. The number of rotatable bonds is 5. The van der Waals surface area contributed by atoms with Crippen LogP contribution in [0.4, 0.5) is 0 Å². The van der Waals surface area contributed by atoms with Crippen LogP contribution in [-0.2, 0) is 18.9 Å². The van der Waals surface area contributed by atoms with E-state index in [9.17, 15) is 0 Å². The average molecular weight is 202 g/mol. The molecule has 3 unspecified atom stereocenters. The molecule has 0 aromatic heterocycles. The van der Waals surface area contributed by atoms with Crippen molar-refractivity contribution in [2.45, 2.75) is 37.8 Å². The maximum Gasteiger partial charge on any atom is 0.158 e. The van der Waals surface area contributed by atoms with Crippen molar-refractivity contribution in [1.29, 1.82) is 0 Å². The van der Waals surface area contributed by atoms with Gasteiger partial charge in [-0.1, -0.05) is 0 Å². The highest BCUT2D eigenvalue weighted by molar-refractivity contribution is 4.80. The summed E-state index contributed by atoms with van der Waals surface area (Å²) in [6, 6.07) is 0. The van der Waals surface area contributed by atoms with E-state index in [1.54, 1.807) is 7.11 Å². The molecule has 0 bridgehead atoms. The average Bonchev–Trinajstić information content (AvgIpc) is 3.02. The maximum atomic E-state index is 5.78. The Kier molecular flexibility index (Phi) is 3.75. The van der Waals surface area contributed by atoms with E-state index in [4.69, 9.17) is 18.9 Å². The highest BCUT2D eigenvalue weighted by atomic mass is 16.7. The molecule has 0 aliphatic carbocycles. The molecule has 3 atom stereocenters. The van der Waals surface area contributed by atoms with Gasteiger partial charge < -0.3 is 18.9 Å². The molecule has 2 heterocycles. The SMILES string of the molecule is COCC(OC1CCCCO1)C1CO1. The molecule has 2 fully saturated rings. The molecule has 2 aliphatic rings. The fourth-order valence-electron chi connectivity index (χ4n) is 1.68. The first-order valence-corrected chi connectivity index (χ1v) is 5.28. The van der Waals surface area contributed by atoms with Crippen LogP contribution in [0.2, 0.25) is 0 Å². The van der Waals surface area contributed by atoms with Gasteiger partial charge in [-0.05, 0) is 19.3 Å². The monoisotopic (exact) mass is 202 g/mol. The van der Waals surface area contributed by atoms with E-state index in [1.165, 1.54) is 6.42 Å². The topological polar surface area (TPSA) is 40.2 Å². The second kappa shape index (κ2) is 5.07. The molecule has 0 radical (unpaired) electrons. The number of hydrogen-bond acceptors (Lipinski definition) is 4. The fraction of sp³-hybridized carbons (Fsp3) is 1.00. The van der Waals surface area contributed by atoms with Gasteiger partial charge in [-0.2, -0.15) is 0 Å². The highest BCUT2D eigenvalue weighted by Gasteiger charge is 2.35. The molecule has 0 saturated carbocycles. The Morgan fingerprint density at radius 3 is 2.79 bits per heavy atom. The largest absolute Gasteiger partial charge is 0.382 e. The summed E-state index contributed by atoms with van der Waals surface area (Å²) in [6.45, 7) is 2.20. The minimum Gasteiger partial charge on any atom is -0.382 e. The Morgan fingerprint density at radius 1 is 1.36 bits per heavy atom. The van der Waals surface area contributed by atoms with Gasteiger partial charge in [0, 0.05) is 13.7 Å². The molecule has 0 spiro atoms. The van der Waals surface area contributed by atoms with Gasteiger partial charge in [0.1, 0.15) is 12.2 Å². The van der Waals surface area contributed by atoms with E-state index in [0.29, 0.717) is 6.61 Å². The summed E-state index contributed by atoms with van der Waals surface area (Å²) in [7, 11) is 1.68. The molecule has 0 N–H and O–H groups in total. The summed E-state index contributed by atoms with van der Waals surface area (Å²) in [5, 5.41) is 0. The molecule has 0 amide bonds.